The molecule has 1 aliphatic rings. The minimum absolute atomic E-state index is 0.0356. The van der Waals surface area contributed by atoms with E-state index in [9.17, 15) is 14.4 Å². The van der Waals surface area contributed by atoms with E-state index in [-0.39, 0.29) is 11.5 Å². The minimum Gasteiger partial charge on any atom is -0.480 e. The van der Waals surface area contributed by atoms with Crippen LogP contribution in [0.1, 0.15) is 25.3 Å². The van der Waals surface area contributed by atoms with Crippen LogP contribution in [0, 0.1) is 0 Å². The Morgan fingerprint density at radius 3 is 2.89 bits per heavy atom. The number of fused-ring (bicyclic) bond motifs is 1. The minimum atomic E-state index is -0.793. The number of carbonyl (C=O) groups is 1. The maximum absolute atomic E-state index is 12.9. The molecule has 0 radical (unpaired) electrons. The van der Waals surface area contributed by atoms with Gasteiger partial charge in [-0.3, -0.25) is 19.1 Å². The molecule has 0 aliphatic carbocycles. The highest BCUT2D eigenvalue weighted by Gasteiger charge is 2.33. The number of nitrogens with zero attached hydrogens (tertiary/aromatic N) is 2. The van der Waals surface area contributed by atoms with E-state index in [1.54, 1.807) is 18.2 Å². The van der Waals surface area contributed by atoms with Crippen molar-refractivity contribution in [1.29, 1.82) is 0 Å². The quantitative estimate of drug-likeness (QED) is 0.801. The lowest BCUT2D eigenvalue weighted by atomic mass is 10.1. The number of H-pyrrole nitrogens is 1. The summed E-state index contributed by atoms with van der Waals surface area (Å²) in [5.74, 6) is 0.118. The topological polar surface area (TPSA) is 110 Å². The number of rotatable bonds is 5. The van der Waals surface area contributed by atoms with Crippen LogP contribution in [0.4, 0.5) is 11.5 Å². The van der Waals surface area contributed by atoms with Gasteiger partial charge >= 0.3 is 5.69 Å². The third kappa shape index (κ3) is 3.57. The third-order valence-electron chi connectivity index (χ3n) is 4.59. The van der Waals surface area contributed by atoms with Gasteiger partial charge in [-0.1, -0.05) is 24.9 Å². The first kappa shape index (κ1) is 19.0. The summed E-state index contributed by atoms with van der Waals surface area (Å²) in [6.07, 6.45) is 1.12. The molecule has 0 fully saturated rings. The summed E-state index contributed by atoms with van der Waals surface area (Å²) in [5.41, 5.74) is 5.52. The lowest BCUT2D eigenvalue weighted by Gasteiger charge is -2.22. The lowest BCUT2D eigenvalue weighted by Crippen LogP contribution is -2.44. The van der Waals surface area contributed by atoms with Gasteiger partial charge in [-0.2, -0.15) is 0 Å². The molecule has 0 unspecified atom stereocenters. The number of unbranched alkanes of at least 4 members (excludes halogenated alkanes) is 1. The highest BCUT2D eigenvalue weighted by Crippen LogP contribution is 2.32. The van der Waals surface area contributed by atoms with Crippen molar-refractivity contribution in [3.63, 3.8) is 0 Å². The molecule has 3 N–H and O–H groups in total. The first-order chi connectivity index (χ1) is 12.8. The molecule has 0 bridgehead atoms. The highest BCUT2D eigenvalue weighted by atomic mass is 35.5. The molecule has 27 heavy (non-hydrogen) atoms. The lowest BCUT2D eigenvalue weighted by molar-refractivity contribution is -0.124. The number of nitrogens with one attached hydrogen (secondary N) is 1. The summed E-state index contributed by atoms with van der Waals surface area (Å²) >= 11 is 5.98. The van der Waals surface area contributed by atoms with Crippen LogP contribution in [0.2, 0.25) is 5.02 Å². The van der Waals surface area contributed by atoms with Crippen molar-refractivity contribution in [2.24, 2.45) is 0 Å². The number of amides is 1. The average molecular weight is 393 g/mol. The summed E-state index contributed by atoms with van der Waals surface area (Å²) in [4.78, 5) is 40.6. The fourth-order valence-corrected chi connectivity index (χ4v) is 3.32. The molecule has 3 rings (SSSR count). The van der Waals surface area contributed by atoms with E-state index < -0.39 is 23.3 Å². The van der Waals surface area contributed by atoms with E-state index in [0.717, 1.165) is 23.3 Å². The van der Waals surface area contributed by atoms with Crippen LogP contribution in [0.3, 0.4) is 0 Å². The van der Waals surface area contributed by atoms with Crippen LogP contribution >= 0.6 is 11.6 Å². The maximum Gasteiger partial charge on any atom is 0.330 e. The van der Waals surface area contributed by atoms with E-state index in [1.165, 1.54) is 11.6 Å². The highest BCUT2D eigenvalue weighted by molar-refractivity contribution is 6.30. The van der Waals surface area contributed by atoms with Gasteiger partial charge in [0.25, 0.3) is 11.5 Å². The first-order valence-corrected chi connectivity index (χ1v) is 9.06. The van der Waals surface area contributed by atoms with Crippen LogP contribution in [0.5, 0.6) is 5.75 Å². The molecule has 144 valence electrons. The number of hydrogen-bond donors (Lipinski definition) is 2. The van der Waals surface area contributed by atoms with Gasteiger partial charge in [0.2, 0.25) is 0 Å². The smallest absolute Gasteiger partial charge is 0.330 e. The number of benzene rings is 1. The Balaban J connectivity index is 1.90. The van der Waals surface area contributed by atoms with Gasteiger partial charge in [0.1, 0.15) is 11.6 Å². The van der Waals surface area contributed by atoms with Crippen LogP contribution in [-0.4, -0.2) is 28.6 Å². The van der Waals surface area contributed by atoms with Gasteiger partial charge in [-0.15, -0.1) is 0 Å². The number of halogens is 1. The number of nitrogens with two attached hydrogens (primary N) is 1. The molecule has 9 heteroatoms. The van der Waals surface area contributed by atoms with Gasteiger partial charge in [-0.05, 0) is 30.2 Å². The summed E-state index contributed by atoms with van der Waals surface area (Å²) in [7, 11) is 1.44. The molecule has 0 saturated heterocycles. The van der Waals surface area contributed by atoms with Crippen molar-refractivity contribution in [3.8, 4) is 5.75 Å². The predicted molar refractivity (Wildman–Crippen MR) is 104 cm³/mol. The predicted octanol–water partition coefficient (Wildman–Crippen LogP) is 1.54. The second kappa shape index (κ2) is 7.48. The van der Waals surface area contributed by atoms with Crippen LogP contribution < -0.4 is 26.6 Å². The average Bonchev–Trinajstić information content (AvgIpc) is 3.03. The van der Waals surface area contributed by atoms with Crippen LogP contribution in [-0.2, 0) is 17.8 Å². The van der Waals surface area contributed by atoms with E-state index in [1.807, 2.05) is 6.92 Å². The zero-order chi connectivity index (χ0) is 19.7. The molecule has 0 spiro atoms. The fraction of sp³-hybridized carbons (Fsp3) is 0.389. The molecule has 8 nitrogen and oxygen atoms in total. The van der Waals surface area contributed by atoms with Gasteiger partial charge in [0, 0.05) is 25.0 Å². The zero-order valence-electron chi connectivity index (χ0n) is 15.1. The molecule has 1 atom stereocenters. The molecular weight excluding hydrogens is 372 g/mol. The molecular formula is C18H21ClN4O4. The van der Waals surface area contributed by atoms with Gasteiger partial charge in [0.15, 0.2) is 11.8 Å². The molecule has 1 aromatic heterocycles. The number of aromatic nitrogens is 2. The second-order valence-electron chi connectivity index (χ2n) is 6.46. The van der Waals surface area contributed by atoms with Crippen molar-refractivity contribution in [3.05, 3.63) is 49.6 Å². The third-order valence-corrected chi connectivity index (χ3v) is 4.82. The number of anilines is 2. The Bertz CT molecular complexity index is 998. The maximum atomic E-state index is 12.9. The molecule has 0 saturated carbocycles. The van der Waals surface area contributed by atoms with Crippen molar-refractivity contribution in [2.75, 3.05) is 17.7 Å². The van der Waals surface area contributed by atoms with E-state index >= 15 is 0 Å². The number of aromatic amines is 1. The molecule has 1 amide bonds. The Morgan fingerprint density at radius 1 is 1.44 bits per heavy atom. The standard InChI is InChI=1S/C18H21ClN4O4/c1-3-4-7-23-15(20)14(16(24)21-18(23)26)22(2)17(25)13-9-10-8-11(19)5-6-12(10)27-13/h5-6,8,13H,3-4,7,9,20H2,1-2H3,(H,21,24,26)/t13-/m1/s1. The van der Waals surface area contributed by atoms with Gasteiger partial charge < -0.3 is 15.4 Å². The van der Waals surface area contributed by atoms with Crippen molar-refractivity contribution in [1.82, 2.24) is 9.55 Å². The SMILES string of the molecule is CCCCn1c(N)c(N(C)C(=O)[C@H]2Cc3cc(Cl)ccc3O2)c(=O)[nH]c1=O. The largest absolute Gasteiger partial charge is 0.480 e. The monoisotopic (exact) mass is 392 g/mol. The Morgan fingerprint density at radius 2 is 2.19 bits per heavy atom. The number of hydrogen-bond acceptors (Lipinski definition) is 5. The van der Waals surface area contributed by atoms with Crippen molar-refractivity contribution < 1.29 is 9.53 Å². The molecule has 2 aromatic rings. The number of ether oxygens (including phenoxy) is 1. The number of nitrogen functional groups attached to an aromatic ring is 1. The van der Waals surface area contributed by atoms with Crippen LogP contribution in [0.15, 0.2) is 27.8 Å². The first-order valence-electron chi connectivity index (χ1n) is 8.68. The van der Waals surface area contributed by atoms with Crippen molar-refractivity contribution >= 4 is 29.0 Å². The zero-order valence-corrected chi connectivity index (χ0v) is 15.9. The summed E-state index contributed by atoms with van der Waals surface area (Å²) in [5, 5.41) is 0.558. The second-order valence-corrected chi connectivity index (χ2v) is 6.89. The summed E-state index contributed by atoms with van der Waals surface area (Å²) in [6.45, 7) is 2.33. The summed E-state index contributed by atoms with van der Waals surface area (Å²) < 4.78 is 6.97. The number of carbonyl (C=O) groups excluding carboxylic acids is 1. The Hall–Kier alpha value is -2.74. The van der Waals surface area contributed by atoms with Crippen LogP contribution in [0.25, 0.3) is 0 Å². The van der Waals surface area contributed by atoms with Gasteiger partial charge in [0.05, 0.1) is 0 Å². The van der Waals surface area contributed by atoms with E-state index in [4.69, 9.17) is 22.1 Å². The van der Waals surface area contributed by atoms with Crippen molar-refractivity contribution in [2.45, 2.75) is 38.8 Å². The van der Waals surface area contributed by atoms with Gasteiger partial charge in [-0.25, -0.2) is 4.79 Å². The van der Waals surface area contributed by atoms with E-state index in [0.29, 0.717) is 23.7 Å². The molecule has 2 heterocycles. The fourth-order valence-electron chi connectivity index (χ4n) is 3.12. The Labute approximate surface area is 160 Å². The normalized spacial score (nSPS) is 15.3. The summed E-state index contributed by atoms with van der Waals surface area (Å²) in [6, 6.07) is 5.14. The molecule has 1 aliphatic heterocycles. The number of likely N-dealkylation sites (N-methyl/N-ethyl adjacent to an activating group) is 1. The Kier molecular flexibility index (Phi) is 5.27. The van der Waals surface area contributed by atoms with E-state index in [2.05, 4.69) is 4.98 Å². The molecule has 1 aromatic carbocycles.